The van der Waals surface area contributed by atoms with Gasteiger partial charge in [-0.15, -0.1) is 0 Å². The number of nitrogens with zero attached hydrogens (tertiary/aromatic N) is 1. The molecule has 1 unspecified atom stereocenters. The fourth-order valence-electron chi connectivity index (χ4n) is 2.54. The monoisotopic (exact) mass is 252 g/mol. The summed E-state index contributed by atoms with van der Waals surface area (Å²) < 4.78 is 0. The maximum Gasteiger partial charge on any atom is 0.00965 e. The summed E-state index contributed by atoms with van der Waals surface area (Å²) in [4.78, 5) is 2.78. The van der Waals surface area contributed by atoms with E-state index in [0.717, 1.165) is 24.4 Å². The second-order valence-electron chi connectivity index (χ2n) is 7.66. The predicted molar refractivity (Wildman–Crippen MR) is 78.9 cm³/mol. The molecule has 2 saturated carbocycles. The molecule has 1 N–H and O–H groups in total. The molecule has 0 spiro atoms. The summed E-state index contributed by atoms with van der Waals surface area (Å²) in [6.07, 6.45) is 7.21. The first-order valence-corrected chi connectivity index (χ1v) is 7.93. The molecule has 2 heteroatoms. The molecule has 18 heavy (non-hydrogen) atoms. The Balaban J connectivity index is 1.69. The van der Waals surface area contributed by atoms with Crippen molar-refractivity contribution in [3.8, 4) is 0 Å². The van der Waals surface area contributed by atoms with Crippen molar-refractivity contribution in [1.29, 1.82) is 0 Å². The van der Waals surface area contributed by atoms with Gasteiger partial charge in [0.25, 0.3) is 0 Å². The van der Waals surface area contributed by atoms with E-state index in [4.69, 9.17) is 0 Å². The first-order chi connectivity index (χ1) is 8.44. The first kappa shape index (κ1) is 14.3. The summed E-state index contributed by atoms with van der Waals surface area (Å²) in [7, 11) is 0. The highest BCUT2D eigenvalue weighted by atomic mass is 15.2. The van der Waals surface area contributed by atoms with E-state index in [2.05, 4.69) is 37.9 Å². The maximum absolute atomic E-state index is 3.62. The number of hydrogen-bond donors (Lipinski definition) is 1. The van der Waals surface area contributed by atoms with Crippen LogP contribution in [0.25, 0.3) is 0 Å². The number of nitrogens with one attached hydrogen (secondary N) is 1. The van der Waals surface area contributed by atoms with Crippen LogP contribution >= 0.6 is 0 Å². The summed E-state index contributed by atoms with van der Waals surface area (Å²) in [6, 6.07) is 0.751. The van der Waals surface area contributed by atoms with Gasteiger partial charge >= 0.3 is 0 Å². The Bertz CT molecular complexity index is 234. The van der Waals surface area contributed by atoms with Crippen molar-refractivity contribution in [2.45, 2.75) is 71.4 Å². The summed E-state index contributed by atoms with van der Waals surface area (Å²) in [5.41, 5.74) is 0.261. The quantitative estimate of drug-likeness (QED) is 0.713. The third-order valence-electron chi connectivity index (χ3n) is 4.22. The first-order valence-electron chi connectivity index (χ1n) is 7.93. The Hall–Kier alpha value is -0.0800. The molecular weight excluding hydrogens is 220 g/mol. The van der Waals surface area contributed by atoms with E-state index in [0.29, 0.717) is 0 Å². The lowest BCUT2D eigenvalue weighted by Gasteiger charge is -2.30. The van der Waals surface area contributed by atoms with Crippen molar-refractivity contribution in [2.75, 3.05) is 19.6 Å². The van der Waals surface area contributed by atoms with Gasteiger partial charge in [-0.05, 0) is 78.2 Å². The lowest BCUT2D eigenvalue weighted by atomic mass is 10.1. The predicted octanol–water partition coefficient (Wildman–Crippen LogP) is 3.28. The second-order valence-corrected chi connectivity index (χ2v) is 7.66. The SMILES string of the molecule is CC(CCNC(C)(C)C)N(CC1CC1)CC1CC1. The Kier molecular flexibility index (Phi) is 4.71. The average Bonchev–Trinajstić information content (AvgIpc) is 3.08. The molecule has 0 aromatic heterocycles. The van der Waals surface area contributed by atoms with E-state index in [1.54, 1.807) is 0 Å². The molecule has 106 valence electrons. The molecule has 0 heterocycles. The molecule has 2 aliphatic carbocycles. The standard InChI is InChI=1S/C16H32N2/c1-13(9-10-17-16(2,3)4)18(11-14-5-6-14)12-15-7-8-15/h13-15,17H,5-12H2,1-4H3. The van der Waals surface area contributed by atoms with Crippen molar-refractivity contribution < 1.29 is 0 Å². The van der Waals surface area contributed by atoms with Crippen molar-refractivity contribution in [2.24, 2.45) is 11.8 Å². The van der Waals surface area contributed by atoms with Gasteiger partial charge in [0.2, 0.25) is 0 Å². The summed E-state index contributed by atoms with van der Waals surface area (Å²) in [5.74, 6) is 2.06. The highest BCUT2D eigenvalue weighted by Gasteiger charge is 2.31. The van der Waals surface area contributed by atoms with Crippen molar-refractivity contribution >= 4 is 0 Å². The summed E-state index contributed by atoms with van der Waals surface area (Å²) in [6.45, 7) is 13.1. The molecule has 0 aliphatic heterocycles. The third kappa shape index (κ3) is 5.71. The molecule has 0 amide bonds. The van der Waals surface area contributed by atoms with Crippen LogP contribution in [0.3, 0.4) is 0 Å². The lowest BCUT2D eigenvalue weighted by Crippen LogP contribution is -2.41. The van der Waals surface area contributed by atoms with Crippen molar-refractivity contribution in [1.82, 2.24) is 10.2 Å². The van der Waals surface area contributed by atoms with E-state index in [-0.39, 0.29) is 5.54 Å². The Morgan fingerprint density at radius 2 is 1.56 bits per heavy atom. The average molecular weight is 252 g/mol. The summed E-state index contributed by atoms with van der Waals surface area (Å²) in [5, 5.41) is 3.62. The lowest BCUT2D eigenvalue weighted by molar-refractivity contribution is 0.180. The maximum atomic E-state index is 3.62. The minimum Gasteiger partial charge on any atom is -0.312 e. The zero-order valence-electron chi connectivity index (χ0n) is 12.8. The molecule has 0 aromatic carbocycles. The fourth-order valence-corrected chi connectivity index (χ4v) is 2.54. The molecule has 0 saturated heterocycles. The van der Waals surface area contributed by atoms with Crippen LogP contribution in [-0.2, 0) is 0 Å². The highest BCUT2D eigenvalue weighted by Crippen LogP contribution is 2.34. The third-order valence-corrected chi connectivity index (χ3v) is 4.22. The van der Waals surface area contributed by atoms with Crippen LogP contribution in [0.2, 0.25) is 0 Å². The van der Waals surface area contributed by atoms with E-state index >= 15 is 0 Å². The van der Waals surface area contributed by atoms with Crippen LogP contribution in [0.15, 0.2) is 0 Å². The normalized spacial score (nSPS) is 22.5. The van der Waals surface area contributed by atoms with Crippen LogP contribution < -0.4 is 5.32 Å². The fraction of sp³-hybridized carbons (Fsp3) is 1.00. The van der Waals surface area contributed by atoms with Crippen LogP contribution in [-0.4, -0.2) is 36.1 Å². The van der Waals surface area contributed by atoms with E-state index in [1.165, 1.54) is 45.2 Å². The molecular formula is C16H32N2. The van der Waals surface area contributed by atoms with Gasteiger partial charge in [-0.25, -0.2) is 0 Å². The minimum absolute atomic E-state index is 0.261. The van der Waals surface area contributed by atoms with Gasteiger partial charge in [0.1, 0.15) is 0 Å². The molecule has 1 atom stereocenters. The Morgan fingerprint density at radius 1 is 1.06 bits per heavy atom. The van der Waals surface area contributed by atoms with Gasteiger partial charge in [0.15, 0.2) is 0 Å². The molecule has 2 fully saturated rings. The molecule has 2 nitrogen and oxygen atoms in total. The summed E-state index contributed by atoms with van der Waals surface area (Å²) >= 11 is 0. The van der Waals surface area contributed by atoms with Crippen LogP contribution in [0.4, 0.5) is 0 Å². The zero-order chi connectivity index (χ0) is 13.2. The van der Waals surface area contributed by atoms with Crippen molar-refractivity contribution in [3.63, 3.8) is 0 Å². The van der Waals surface area contributed by atoms with Gasteiger partial charge in [-0.3, -0.25) is 0 Å². The zero-order valence-corrected chi connectivity index (χ0v) is 12.8. The van der Waals surface area contributed by atoms with Gasteiger partial charge < -0.3 is 10.2 Å². The molecule has 0 bridgehead atoms. The van der Waals surface area contributed by atoms with E-state index in [1.807, 2.05) is 0 Å². The largest absolute Gasteiger partial charge is 0.312 e. The molecule has 0 aromatic rings. The van der Waals surface area contributed by atoms with Gasteiger partial charge in [0, 0.05) is 24.7 Å². The van der Waals surface area contributed by atoms with Crippen LogP contribution in [0, 0.1) is 11.8 Å². The van der Waals surface area contributed by atoms with Crippen LogP contribution in [0.1, 0.15) is 59.8 Å². The van der Waals surface area contributed by atoms with E-state index < -0.39 is 0 Å². The second kappa shape index (κ2) is 5.92. The number of hydrogen-bond acceptors (Lipinski definition) is 2. The minimum atomic E-state index is 0.261. The topological polar surface area (TPSA) is 15.3 Å². The van der Waals surface area contributed by atoms with Gasteiger partial charge in [0.05, 0.1) is 0 Å². The van der Waals surface area contributed by atoms with E-state index in [9.17, 15) is 0 Å². The van der Waals surface area contributed by atoms with Crippen LogP contribution in [0.5, 0.6) is 0 Å². The molecule has 2 rings (SSSR count). The molecule has 0 radical (unpaired) electrons. The smallest absolute Gasteiger partial charge is 0.00965 e. The molecule has 2 aliphatic rings. The Labute approximate surface area is 114 Å². The van der Waals surface area contributed by atoms with Gasteiger partial charge in [-0.1, -0.05) is 0 Å². The highest BCUT2D eigenvalue weighted by molar-refractivity contribution is 4.85. The van der Waals surface area contributed by atoms with Crippen molar-refractivity contribution in [3.05, 3.63) is 0 Å². The van der Waals surface area contributed by atoms with Gasteiger partial charge in [-0.2, -0.15) is 0 Å². The Morgan fingerprint density at radius 3 is 1.94 bits per heavy atom. The number of rotatable bonds is 8.